The van der Waals surface area contributed by atoms with Gasteiger partial charge in [-0.3, -0.25) is 4.98 Å². The smallest absolute Gasteiger partial charge is 0.234 e. The third-order valence-electron chi connectivity index (χ3n) is 3.07. The molecule has 1 aliphatic rings. The van der Waals surface area contributed by atoms with Crippen molar-refractivity contribution >= 4 is 5.82 Å². The summed E-state index contributed by atoms with van der Waals surface area (Å²) in [6, 6.07) is 0. The molecule has 6 nitrogen and oxygen atoms in total. The molecule has 106 valence electrons. The van der Waals surface area contributed by atoms with E-state index >= 15 is 0 Å². The molecule has 0 atom stereocenters. The molecule has 2 rings (SSSR count). The average molecular weight is 265 g/mol. The average Bonchev–Trinajstić information content (AvgIpc) is 2.46. The molecule has 0 saturated carbocycles. The molecule has 1 aromatic rings. The summed E-state index contributed by atoms with van der Waals surface area (Å²) in [7, 11) is 0. The van der Waals surface area contributed by atoms with E-state index in [-0.39, 0.29) is 0 Å². The van der Waals surface area contributed by atoms with Crippen LogP contribution in [0.4, 0.5) is 5.82 Å². The van der Waals surface area contributed by atoms with Gasteiger partial charge in [0.25, 0.3) is 0 Å². The second-order valence-electron chi connectivity index (χ2n) is 4.55. The molecule has 1 aliphatic heterocycles. The Balaban J connectivity index is 1.65. The van der Waals surface area contributed by atoms with Crippen LogP contribution in [0.2, 0.25) is 0 Å². The van der Waals surface area contributed by atoms with Gasteiger partial charge in [0.2, 0.25) is 5.88 Å². The summed E-state index contributed by atoms with van der Waals surface area (Å²) in [5.74, 6) is 1.36. The zero-order valence-corrected chi connectivity index (χ0v) is 11.6. The van der Waals surface area contributed by atoms with E-state index < -0.39 is 0 Å². The van der Waals surface area contributed by atoms with Crippen molar-refractivity contribution in [3.63, 3.8) is 0 Å². The Morgan fingerprint density at radius 2 is 2.21 bits per heavy atom. The molecule has 0 unspecified atom stereocenters. The first kappa shape index (κ1) is 14.0. The molecule has 0 aromatic carbocycles. The van der Waals surface area contributed by atoms with Crippen LogP contribution in [0.15, 0.2) is 12.4 Å². The third-order valence-corrected chi connectivity index (χ3v) is 3.07. The van der Waals surface area contributed by atoms with Gasteiger partial charge >= 0.3 is 0 Å². The van der Waals surface area contributed by atoms with Crippen LogP contribution in [0.25, 0.3) is 0 Å². The fraction of sp³-hybridized carbons (Fsp3) is 0.692. The Labute approximate surface area is 114 Å². The van der Waals surface area contributed by atoms with Gasteiger partial charge in [0.1, 0.15) is 5.82 Å². The number of ether oxygens (including phenoxy) is 1. The van der Waals surface area contributed by atoms with Gasteiger partial charge in [-0.25, -0.2) is 0 Å². The number of anilines is 1. The highest BCUT2D eigenvalue weighted by Crippen LogP contribution is 2.08. The Hall–Kier alpha value is -1.40. The van der Waals surface area contributed by atoms with Crippen molar-refractivity contribution in [2.75, 3.05) is 51.2 Å². The molecule has 1 fully saturated rings. The van der Waals surface area contributed by atoms with Gasteiger partial charge in [-0.1, -0.05) is 0 Å². The highest BCUT2D eigenvalue weighted by Gasteiger charge is 2.08. The summed E-state index contributed by atoms with van der Waals surface area (Å²) in [4.78, 5) is 10.9. The summed E-state index contributed by atoms with van der Waals surface area (Å²) in [6.07, 6.45) is 4.48. The van der Waals surface area contributed by atoms with Crippen molar-refractivity contribution in [1.29, 1.82) is 0 Å². The largest absolute Gasteiger partial charge is 0.477 e. The molecule has 0 spiro atoms. The van der Waals surface area contributed by atoms with E-state index in [0.29, 0.717) is 12.5 Å². The minimum Gasteiger partial charge on any atom is -0.477 e. The maximum absolute atomic E-state index is 5.32. The van der Waals surface area contributed by atoms with Crippen molar-refractivity contribution in [1.82, 2.24) is 20.2 Å². The lowest BCUT2D eigenvalue weighted by atomic mass is 10.3. The van der Waals surface area contributed by atoms with Crippen LogP contribution in [0.1, 0.15) is 13.3 Å². The predicted molar refractivity (Wildman–Crippen MR) is 75.6 cm³/mol. The first-order chi connectivity index (χ1) is 9.38. The molecule has 2 N–H and O–H groups in total. The lowest BCUT2D eigenvalue weighted by Gasteiger charge is -2.27. The highest BCUT2D eigenvalue weighted by molar-refractivity contribution is 5.32. The Morgan fingerprint density at radius 3 is 3.00 bits per heavy atom. The first-order valence-electron chi connectivity index (χ1n) is 7.00. The SMILES string of the molecule is CCOc1cncc(NCCCN2CCNCC2)n1. The first-order valence-corrected chi connectivity index (χ1v) is 7.00. The fourth-order valence-electron chi connectivity index (χ4n) is 2.10. The van der Waals surface area contributed by atoms with Crippen molar-refractivity contribution in [3.8, 4) is 5.88 Å². The molecule has 0 bridgehead atoms. The summed E-state index contributed by atoms with van der Waals surface area (Å²) < 4.78 is 5.32. The van der Waals surface area contributed by atoms with E-state index in [0.717, 1.165) is 51.5 Å². The molecule has 0 aliphatic carbocycles. The Bertz CT molecular complexity index is 368. The third kappa shape index (κ3) is 5.00. The van der Waals surface area contributed by atoms with Crippen LogP contribution in [-0.2, 0) is 0 Å². The van der Waals surface area contributed by atoms with E-state index in [1.165, 1.54) is 0 Å². The van der Waals surface area contributed by atoms with Crippen LogP contribution < -0.4 is 15.4 Å². The predicted octanol–water partition coefficient (Wildman–Crippen LogP) is 0.583. The molecule has 2 heterocycles. The molecule has 0 radical (unpaired) electrons. The lowest BCUT2D eigenvalue weighted by Crippen LogP contribution is -2.44. The van der Waals surface area contributed by atoms with E-state index in [1.54, 1.807) is 12.4 Å². The minimum atomic E-state index is 0.578. The van der Waals surface area contributed by atoms with Crippen LogP contribution in [0.3, 0.4) is 0 Å². The number of hydrogen-bond acceptors (Lipinski definition) is 6. The fourth-order valence-corrected chi connectivity index (χ4v) is 2.10. The summed E-state index contributed by atoms with van der Waals surface area (Å²) in [5.41, 5.74) is 0. The number of nitrogens with one attached hydrogen (secondary N) is 2. The maximum atomic E-state index is 5.32. The number of hydrogen-bond donors (Lipinski definition) is 2. The summed E-state index contributed by atoms with van der Waals surface area (Å²) in [6.45, 7) is 9.11. The molecule has 1 saturated heterocycles. The number of aromatic nitrogens is 2. The van der Waals surface area contributed by atoms with Crippen molar-refractivity contribution in [2.24, 2.45) is 0 Å². The molecule has 6 heteroatoms. The van der Waals surface area contributed by atoms with Crippen LogP contribution in [0.5, 0.6) is 5.88 Å². The van der Waals surface area contributed by atoms with Gasteiger partial charge in [-0.05, 0) is 19.9 Å². The zero-order chi connectivity index (χ0) is 13.3. The van der Waals surface area contributed by atoms with E-state index in [2.05, 4.69) is 25.5 Å². The van der Waals surface area contributed by atoms with Crippen molar-refractivity contribution < 1.29 is 4.74 Å². The van der Waals surface area contributed by atoms with Crippen LogP contribution >= 0.6 is 0 Å². The Kier molecular flexibility index (Phi) is 5.84. The van der Waals surface area contributed by atoms with Crippen molar-refractivity contribution in [3.05, 3.63) is 12.4 Å². The van der Waals surface area contributed by atoms with Gasteiger partial charge in [0.15, 0.2) is 0 Å². The maximum Gasteiger partial charge on any atom is 0.234 e. The minimum absolute atomic E-state index is 0.578. The molecular weight excluding hydrogens is 242 g/mol. The van der Waals surface area contributed by atoms with E-state index in [1.807, 2.05) is 6.92 Å². The van der Waals surface area contributed by atoms with Gasteiger partial charge in [-0.15, -0.1) is 0 Å². The second-order valence-corrected chi connectivity index (χ2v) is 4.55. The van der Waals surface area contributed by atoms with Gasteiger partial charge in [0.05, 0.1) is 19.0 Å². The van der Waals surface area contributed by atoms with Crippen LogP contribution in [-0.4, -0.2) is 60.7 Å². The lowest BCUT2D eigenvalue weighted by molar-refractivity contribution is 0.240. The van der Waals surface area contributed by atoms with Gasteiger partial charge < -0.3 is 20.3 Å². The zero-order valence-electron chi connectivity index (χ0n) is 11.6. The quantitative estimate of drug-likeness (QED) is 0.703. The molecule has 19 heavy (non-hydrogen) atoms. The van der Waals surface area contributed by atoms with E-state index in [9.17, 15) is 0 Å². The van der Waals surface area contributed by atoms with Gasteiger partial charge in [0, 0.05) is 32.7 Å². The van der Waals surface area contributed by atoms with E-state index in [4.69, 9.17) is 4.74 Å². The number of nitrogens with zero attached hydrogens (tertiary/aromatic N) is 3. The molecule has 0 amide bonds. The second kappa shape index (κ2) is 7.91. The number of rotatable bonds is 7. The number of piperazine rings is 1. The van der Waals surface area contributed by atoms with Crippen molar-refractivity contribution in [2.45, 2.75) is 13.3 Å². The molecule has 1 aromatic heterocycles. The highest BCUT2D eigenvalue weighted by atomic mass is 16.5. The van der Waals surface area contributed by atoms with Crippen LogP contribution in [0, 0.1) is 0 Å². The monoisotopic (exact) mass is 265 g/mol. The summed E-state index contributed by atoms with van der Waals surface area (Å²) >= 11 is 0. The molecular formula is C13H23N5O. The van der Waals surface area contributed by atoms with Gasteiger partial charge in [-0.2, -0.15) is 4.98 Å². The standard InChI is InChI=1S/C13H23N5O/c1-2-19-13-11-15-10-12(17-13)16-4-3-7-18-8-5-14-6-9-18/h10-11,14H,2-9H2,1H3,(H,16,17). The normalized spacial score (nSPS) is 16.3. The summed E-state index contributed by atoms with van der Waals surface area (Å²) in [5, 5.41) is 6.65. The Morgan fingerprint density at radius 1 is 1.37 bits per heavy atom. The topological polar surface area (TPSA) is 62.3 Å².